The van der Waals surface area contributed by atoms with E-state index in [1.54, 1.807) is 0 Å². The van der Waals surface area contributed by atoms with Crippen molar-refractivity contribution in [1.82, 2.24) is 5.32 Å². The maximum atomic E-state index is 14.4. The van der Waals surface area contributed by atoms with E-state index in [0.717, 1.165) is 25.0 Å². The summed E-state index contributed by atoms with van der Waals surface area (Å²) < 4.78 is 32.9. The van der Waals surface area contributed by atoms with Gasteiger partial charge in [-0.1, -0.05) is 18.9 Å². The molecular formula is C19H23F2NO4. The molecule has 7 heteroatoms. The molecule has 26 heavy (non-hydrogen) atoms. The van der Waals surface area contributed by atoms with Crippen LogP contribution in [0.5, 0.6) is 0 Å². The first-order valence-electron chi connectivity index (χ1n) is 8.95. The molecule has 1 aliphatic heterocycles. The van der Waals surface area contributed by atoms with Gasteiger partial charge in [0.25, 0.3) is 0 Å². The summed E-state index contributed by atoms with van der Waals surface area (Å²) in [5, 5.41) is 12.4. The van der Waals surface area contributed by atoms with E-state index in [2.05, 4.69) is 5.32 Å². The Morgan fingerprint density at radius 1 is 1.12 bits per heavy atom. The van der Waals surface area contributed by atoms with Crippen LogP contribution < -0.4 is 5.32 Å². The average molecular weight is 367 g/mol. The molecule has 3 rings (SSSR count). The molecule has 5 nitrogen and oxygen atoms in total. The second kappa shape index (κ2) is 7.31. The van der Waals surface area contributed by atoms with Crippen molar-refractivity contribution in [2.45, 2.75) is 43.9 Å². The highest BCUT2D eigenvalue weighted by molar-refractivity contribution is 5.89. The van der Waals surface area contributed by atoms with E-state index in [0.29, 0.717) is 38.9 Å². The Balaban J connectivity index is 1.82. The smallest absolute Gasteiger partial charge is 0.311 e. The van der Waals surface area contributed by atoms with Crippen LogP contribution in [0.2, 0.25) is 0 Å². The van der Waals surface area contributed by atoms with Crippen molar-refractivity contribution in [2.75, 3.05) is 19.8 Å². The maximum absolute atomic E-state index is 14.4. The average Bonchev–Trinajstić information content (AvgIpc) is 3.11. The van der Waals surface area contributed by atoms with Crippen LogP contribution in [-0.2, 0) is 19.7 Å². The molecule has 0 spiro atoms. The number of carboxylic acids is 1. The largest absolute Gasteiger partial charge is 0.481 e. The molecule has 0 atom stereocenters. The lowest BCUT2D eigenvalue weighted by Crippen LogP contribution is -2.51. The number of hydrogen-bond donors (Lipinski definition) is 2. The molecule has 1 saturated heterocycles. The van der Waals surface area contributed by atoms with Gasteiger partial charge in [-0.2, -0.15) is 0 Å². The zero-order valence-corrected chi connectivity index (χ0v) is 14.5. The summed E-state index contributed by atoms with van der Waals surface area (Å²) >= 11 is 0. The second-order valence-electron chi connectivity index (χ2n) is 7.29. The number of nitrogens with one attached hydrogen (secondary N) is 1. The third-order valence-corrected chi connectivity index (χ3v) is 5.83. The van der Waals surface area contributed by atoms with Crippen LogP contribution in [-0.4, -0.2) is 36.7 Å². The molecule has 0 aromatic heterocycles. The Hall–Kier alpha value is -2.02. The van der Waals surface area contributed by atoms with Crippen molar-refractivity contribution in [2.24, 2.45) is 5.41 Å². The van der Waals surface area contributed by atoms with Crippen LogP contribution in [0.3, 0.4) is 0 Å². The van der Waals surface area contributed by atoms with Gasteiger partial charge in [0.05, 0.1) is 10.8 Å². The Bertz CT molecular complexity index is 695. The van der Waals surface area contributed by atoms with Crippen LogP contribution in [0.15, 0.2) is 18.2 Å². The molecule has 1 saturated carbocycles. The predicted octanol–water partition coefficient (Wildman–Crippen LogP) is 2.77. The van der Waals surface area contributed by atoms with Crippen molar-refractivity contribution >= 4 is 11.9 Å². The Morgan fingerprint density at radius 3 is 2.35 bits per heavy atom. The highest BCUT2D eigenvalue weighted by atomic mass is 19.1. The van der Waals surface area contributed by atoms with Gasteiger partial charge in [0, 0.05) is 31.4 Å². The van der Waals surface area contributed by atoms with Crippen LogP contribution in [0.4, 0.5) is 8.78 Å². The number of ether oxygens (including phenoxy) is 1. The summed E-state index contributed by atoms with van der Waals surface area (Å²) in [6, 6.07) is 3.28. The van der Waals surface area contributed by atoms with Crippen molar-refractivity contribution in [3.8, 4) is 0 Å². The van der Waals surface area contributed by atoms with Crippen molar-refractivity contribution in [3.05, 3.63) is 35.4 Å². The van der Waals surface area contributed by atoms with Crippen LogP contribution in [0.25, 0.3) is 0 Å². The molecule has 1 aliphatic carbocycles. The molecule has 2 fully saturated rings. The number of rotatable bonds is 5. The van der Waals surface area contributed by atoms with Gasteiger partial charge in [0.2, 0.25) is 5.91 Å². The minimum atomic E-state index is -1.07. The van der Waals surface area contributed by atoms with Gasteiger partial charge in [-0.3, -0.25) is 9.59 Å². The molecular weight excluding hydrogens is 344 g/mol. The maximum Gasteiger partial charge on any atom is 0.311 e. The highest BCUT2D eigenvalue weighted by Gasteiger charge is 2.46. The van der Waals surface area contributed by atoms with Crippen molar-refractivity contribution < 1.29 is 28.2 Å². The van der Waals surface area contributed by atoms with Crippen LogP contribution in [0, 0.1) is 17.0 Å². The van der Waals surface area contributed by atoms with E-state index < -0.39 is 28.4 Å². The minimum absolute atomic E-state index is 0.0188. The van der Waals surface area contributed by atoms with E-state index in [4.69, 9.17) is 4.74 Å². The lowest BCUT2D eigenvalue weighted by atomic mass is 9.76. The monoisotopic (exact) mass is 367 g/mol. The summed E-state index contributed by atoms with van der Waals surface area (Å²) in [6.45, 7) is 0.648. The molecule has 1 amide bonds. The fourth-order valence-electron chi connectivity index (χ4n) is 4.12. The Morgan fingerprint density at radius 2 is 1.77 bits per heavy atom. The predicted molar refractivity (Wildman–Crippen MR) is 89.6 cm³/mol. The standard InChI is InChI=1S/C19H23F2NO4/c20-13-3-4-14(15(21)11-13)19(5-1-2-6-19)16(23)22-12-18(17(24)25)7-9-26-10-8-18/h3-4,11H,1-2,5-10,12H2,(H,22,23)(H,24,25). The van der Waals surface area contributed by atoms with Gasteiger partial charge >= 0.3 is 5.97 Å². The third kappa shape index (κ3) is 3.32. The summed E-state index contributed by atoms with van der Waals surface area (Å²) in [7, 11) is 0. The summed E-state index contributed by atoms with van der Waals surface area (Å²) in [6.07, 6.45) is 3.10. The van der Waals surface area contributed by atoms with E-state index >= 15 is 0 Å². The molecule has 0 radical (unpaired) electrons. The lowest BCUT2D eigenvalue weighted by Gasteiger charge is -2.35. The number of carbonyl (C=O) groups is 2. The number of carboxylic acid groups (broad SMARTS) is 1. The van der Waals surface area contributed by atoms with E-state index in [1.165, 1.54) is 6.07 Å². The number of hydrogen-bond acceptors (Lipinski definition) is 3. The second-order valence-corrected chi connectivity index (χ2v) is 7.29. The first-order valence-corrected chi connectivity index (χ1v) is 8.95. The van der Waals surface area contributed by atoms with Gasteiger partial charge in [-0.25, -0.2) is 8.78 Å². The van der Waals surface area contributed by atoms with Crippen molar-refractivity contribution in [3.63, 3.8) is 0 Å². The summed E-state index contributed by atoms with van der Waals surface area (Å²) in [4.78, 5) is 24.8. The molecule has 0 unspecified atom stereocenters. The van der Waals surface area contributed by atoms with Gasteiger partial charge < -0.3 is 15.2 Å². The third-order valence-electron chi connectivity index (χ3n) is 5.83. The topological polar surface area (TPSA) is 75.6 Å². The number of benzene rings is 1. The number of aliphatic carboxylic acids is 1. The molecule has 1 heterocycles. The van der Waals surface area contributed by atoms with Gasteiger partial charge in [0.1, 0.15) is 11.6 Å². The van der Waals surface area contributed by atoms with E-state index in [9.17, 15) is 23.5 Å². The Kier molecular flexibility index (Phi) is 5.27. The van der Waals surface area contributed by atoms with Gasteiger partial charge in [-0.05, 0) is 31.7 Å². The van der Waals surface area contributed by atoms with Gasteiger partial charge in [-0.15, -0.1) is 0 Å². The summed E-state index contributed by atoms with van der Waals surface area (Å²) in [5.74, 6) is -2.77. The molecule has 1 aromatic carbocycles. The summed E-state index contributed by atoms with van der Waals surface area (Å²) in [5.41, 5.74) is -1.94. The first-order chi connectivity index (χ1) is 12.4. The molecule has 2 N–H and O–H groups in total. The molecule has 1 aromatic rings. The lowest BCUT2D eigenvalue weighted by molar-refractivity contribution is -0.154. The van der Waals surface area contributed by atoms with Crippen molar-refractivity contribution in [1.29, 1.82) is 0 Å². The normalized spacial score (nSPS) is 21.3. The minimum Gasteiger partial charge on any atom is -0.481 e. The van der Waals surface area contributed by atoms with E-state index in [-0.39, 0.29) is 18.0 Å². The molecule has 0 bridgehead atoms. The fourth-order valence-corrected chi connectivity index (χ4v) is 4.12. The Labute approximate surface area is 150 Å². The first kappa shape index (κ1) is 18.8. The number of carbonyl (C=O) groups excluding carboxylic acids is 1. The zero-order chi connectivity index (χ0) is 18.8. The SMILES string of the molecule is O=C(O)C1(CNC(=O)C2(c3ccc(F)cc3F)CCCC2)CCOCC1. The molecule has 2 aliphatic rings. The van der Waals surface area contributed by atoms with Crippen LogP contribution in [0.1, 0.15) is 44.1 Å². The number of amides is 1. The van der Waals surface area contributed by atoms with E-state index in [1.807, 2.05) is 0 Å². The molecule has 142 valence electrons. The zero-order valence-electron chi connectivity index (χ0n) is 14.5. The quantitative estimate of drug-likeness (QED) is 0.839. The number of halogens is 2. The fraction of sp³-hybridized carbons (Fsp3) is 0.579. The van der Waals surface area contributed by atoms with Crippen LogP contribution >= 0.6 is 0 Å². The van der Waals surface area contributed by atoms with Gasteiger partial charge in [0.15, 0.2) is 0 Å². The highest BCUT2D eigenvalue weighted by Crippen LogP contribution is 2.43.